The van der Waals surface area contributed by atoms with Crippen molar-refractivity contribution in [2.24, 2.45) is 0 Å². The predicted molar refractivity (Wildman–Crippen MR) is 112 cm³/mol. The van der Waals surface area contributed by atoms with Gasteiger partial charge in [-0.15, -0.1) is 0 Å². The minimum absolute atomic E-state index is 0.0385. The molecule has 31 heavy (non-hydrogen) atoms. The number of nitrogens with zero attached hydrogens (tertiary/aromatic N) is 1. The molecule has 0 saturated carbocycles. The molecule has 3 aliphatic rings. The number of hydrogen-bond acceptors (Lipinski definition) is 7. The molecule has 172 valence electrons. The van der Waals surface area contributed by atoms with Gasteiger partial charge >= 0.3 is 0 Å². The van der Waals surface area contributed by atoms with E-state index in [0.29, 0.717) is 57.1 Å². The molecule has 3 heterocycles. The second-order valence-electron chi connectivity index (χ2n) is 8.05. The third-order valence-electron chi connectivity index (χ3n) is 5.89. The number of amides is 1. The van der Waals surface area contributed by atoms with E-state index in [1.54, 1.807) is 24.3 Å². The van der Waals surface area contributed by atoms with Crippen LogP contribution in [0.4, 0.5) is 0 Å². The summed E-state index contributed by atoms with van der Waals surface area (Å²) in [6, 6.07) is 6.86. The number of carbonyl (C=O) groups excluding carboxylic acids is 1. The largest absolute Gasteiger partial charge is 0.491 e. The summed E-state index contributed by atoms with van der Waals surface area (Å²) in [4.78, 5) is 12.5. The third-order valence-corrected chi connectivity index (χ3v) is 7.76. The zero-order valence-electron chi connectivity index (χ0n) is 17.6. The molecule has 0 radical (unpaired) electrons. The van der Waals surface area contributed by atoms with Crippen molar-refractivity contribution < 1.29 is 32.2 Å². The second kappa shape index (κ2) is 9.83. The minimum Gasteiger partial charge on any atom is -0.491 e. The van der Waals surface area contributed by atoms with Crippen LogP contribution < -0.4 is 10.1 Å². The molecule has 9 nitrogen and oxygen atoms in total. The van der Waals surface area contributed by atoms with Gasteiger partial charge in [0.2, 0.25) is 10.0 Å². The van der Waals surface area contributed by atoms with Gasteiger partial charge in [0.15, 0.2) is 5.79 Å². The molecule has 0 aromatic heterocycles. The van der Waals surface area contributed by atoms with Crippen molar-refractivity contribution in [1.29, 1.82) is 0 Å². The minimum atomic E-state index is -3.46. The highest BCUT2D eigenvalue weighted by atomic mass is 32.2. The molecular weight excluding hydrogens is 424 g/mol. The zero-order chi connectivity index (χ0) is 21.7. The number of benzene rings is 1. The zero-order valence-corrected chi connectivity index (χ0v) is 18.4. The summed E-state index contributed by atoms with van der Waals surface area (Å²) in [5.41, 5.74) is 0.428. The lowest BCUT2D eigenvalue weighted by molar-refractivity contribution is -0.179. The van der Waals surface area contributed by atoms with Crippen molar-refractivity contribution in [2.75, 3.05) is 51.8 Å². The first kappa shape index (κ1) is 22.5. The van der Waals surface area contributed by atoms with Crippen molar-refractivity contribution in [1.82, 2.24) is 9.62 Å². The molecule has 0 aliphatic carbocycles. The number of piperidine rings is 1. The van der Waals surface area contributed by atoms with Crippen molar-refractivity contribution >= 4 is 15.9 Å². The first-order chi connectivity index (χ1) is 15.0. The van der Waals surface area contributed by atoms with Gasteiger partial charge in [-0.05, 0) is 31.0 Å². The van der Waals surface area contributed by atoms with E-state index in [4.69, 9.17) is 18.9 Å². The number of hydrogen-bond donors (Lipinski definition) is 1. The predicted octanol–water partition coefficient (Wildman–Crippen LogP) is 1.14. The Hall–Kier alpha value is -1.72. The van der Waals surface area contributed by atoms with Crippen LogP contribution >= 0.6 is 0 Å². The summed E-state index contributed by atoms with van der Waals surface area (Å²) in [6.07, 6.45) is 3.17. The fourth-order valence-corrected chi connectivity index (χ4v) is 5.46. The van der Waals surface area contributed by atoms with Gasteiger partial charge in [-0.3, -0.25) is 4.79 Å². The highest BCUT2D eigenvalue weighted by molar-refractivity contribution is 7.89. The van der Waals surface area contributed by atoms with Crippen LogP contribution in [-0.2, 0) is 24.2 Å². The topological polar surface area (TPSA) is 103 Å². The van der Waals surface area contributed by atoms with Crippen molar-refractivity contribution in [3.05, 3.63) is 29.8 Å². The molecule has 0 bridgehead atoms. The molecule has 1 spiro atoms. The molecule has 3 fully saturated rings. The fourth-order valence-electron chi connectivity index (χ4n) is 4.11. The lowest BCUT2D eigenvalue weighted by Gasteiger charge is -2.36. The fraction of sp³-hybridized carbons (Fsp3) is 0.667. The highest BCUT2D eigenvalue weighted by Gasteiger charge is 2.42. The first-order valence-corrected chi connectivity index (χ1v) is 12.5. The Morgan fingerprint density at radius 1 is 1.19 bits per heavy atom. The maximum Gasteiger partial charge on any atom is 0.251 e. The Morgan fingerprint density at radius 3 is 2.68 bits per heavy atom. The second-order valence-corrected chi connectivity index (χ2v) is 10.1. The monoisotopic (exact) mass is 454 g/mol. The summed E-state index contributed by atoms with van der Waals surface area (Å²) in [5.74, 6) is -0.502. The Morgan fingerprint density at radius 2 is 1.97 bits per heavy atom. The molecule has 3 aliphatic heterocycles. The van der Waals surface area contributed by atoms with E-state index in [1.807, 2.05) is 0 Å². The third kappa shape index (κ3) is 5.75. The van der Waals surface area contributed by atoms with E-state index in [9.17, 15) is 13.2 Å². The molecule has 1 aromatic carbocycles. The average Bonchev–Trinajstić information content (AvgIpc) is 3.45. The Balaban J connectivity index is 1.22. The van der Waals surface area contributed by atoms with Gasteiger partial charge in [0.1, 0.15) is 12.4 Å². The van der Waals surface area contributed by atoms with Gasteiger partial charge in [-0.25, -0.2) is 12.7 Å². The van der Waals surface area contributed by atoms with Crippen LogP contribution in [0, 0.1) is 0 Å². The van der Waals surface area contributed by atoms with Crippen LogP contribution in [0.2, 0.25) is 0 Å². The Kier molecular flexibility index (Phi) is 7.12. The van der Waals surface area contributed by atoms with Crippen molar-refractivity contribution in [2.45, 2.75) is 37.6 Å². The smallest absolute Gasteiger partial charge is 0.251 e. The quantitative estimate of drug-likeness (QED) is 0.628. The van der Waals surface area contributed by atoms with Crippen LogP contribution in [0.5, 0.6) is 5.75 Å². The van der Waals surface area contributed by atoms with Crippen molar-refractivity contribution in [3.8, 4) is 5.75 Å². The molecule has 1 atom stereocenters. The first-order valence-electron chi connectivity index (χ1n) is 10.8. The maximum absolute atomic E-state index is 12.6. The van der Waals surface area contributed by atoms with Gasteiger partial charge in [-0.1, -0.05) is 6.07 Å². The molecule has 1 N–H and O–H groups in total. The Labute approximate surface area is 183 Å². The number of rotatable bonds is 8. The van der Waals surface area contributed by atoms with Crippen LogP contribution in [0.1, 0.15) is 36.0 Å². The van der Waals surface area contributed by atoms with E-state index < -0.39 is 15.8 Å². The van der Waals surface area contributed by atoms with Gasteiger partial charge in [0.05, 0.1) is 25.1 Å². The SMILES string of the molecule is O=C(NCCS(=O)(=O)N1CCC2(CC1)OCCO2)c1cccc(OCC2CCCO2)c1. The standard InChI is InChI=1S/C21H30N2O7S/c24-20(17-3-1-4-18(15-17)28-16-19-5-2-11-27-19)22-8-14-31(25,26)23-9-6-21(7-10-23)29-12-13-30-21/h1,3-4,15,19H,2,5-14,16H2,(H,22,24). The van der Waals surface area contributed by atoms with Crippen LogP contribution in [0.3, 0.4) is 0 Å². The molecule has 1 unspecified atom stereocenters. The van der Waals surface area contributed by atoms with Gasteiger partial charge in [0, 0.05) is 44.6 Å². The summed E-state index contributed by atoms with van der Waals surface area (Å²) in [7, 11) is -3.46. The van der Waals surface area contributed by atoms with Gasteiger partial charge < -0.3 is 24.3 Å². The summed E-state index contributed by atoms with van der Waals surface area (Å²) in [6.45, 7) is 3.09. The summed E-state index contributed by atoms with van der Waals surface area (Å²) < 4.78 is 49.3. The van der Waals surface area contributed by atoms with E-state index in [1.165, 1.54) is 4.31 Å². The highest BCUT2D eigenvalue weighted by Crippen LogP contribution is 2.32. The van der Waals surface area contributed by atoms with E-state index >= 15 is 0 Å². The summed E-state index contributed by atoms with van der Waals surface area (Å²) in [5, 5.41) is 2.69. The lowest BCUT2D eigenvalue weighted by atomic mass is 10.1. The van der Waals surface area contributed by atoms with Gasteiger partial charge in [0.25, 0.3) is 5.91 Å². The molecular formula is C21H30N2O7S. The molecule has 4 rings (SSSR count). The van der Waals surface area contributed by atoms with Crippen LogP contribution in [0.25, 0.3) is 0 Å². The van der Waals surface area contributed by atoms with E-state index in [0.717, 1.165) is 19.4 Å². The van der Waals surface area contributed by atoms with E-state index in [2.05, 4.69) is 5.32 Å². The Bertz CT molecular complexity index is 854. The van der Waals surface area contributed by atoms with E-state index in [-0.39, 0.29) is 24.3 Å². The number of ether oxygens (including phenoxy) is 4. The van der Waals surface area contributed by atoms with Crippen LogP contribution in [-0.4, -0.2) is 82.3 Å². The lowest BCUT2D eigenvalue weighted by Crippen LogP contribution is -2.48. The number of carbonyl (C=O) groups is 1. The van der Waals surface area contributed by atoms with Gasteiger partial charge in [-0.2, -0.15) is 0 Å². The molecule has 3 saturated heterocycles. The average molecular weight is 455 g/mol. The molecule has 10 heteroatoms. The molecule has 1 amide bonds. The summed E-state index contributed by atoms with van der Waals surface area (Å²) >= 11 is 0. The van der Waals surface area contributed by atoms with Crippen molar-refractivity contribution in [3.63, 3.8) is 0 Å². The normalized spacial score (nSPS) is 23.8. The molecule has 1 aromatic rings. The van der Waals surface area contributed by atoms with Crippen LogP contribution in [0.15, 0.2) is 24.3 Å². The maximum atomic E-state index is 12.6. The number of sulfonamides is 1. The number of nitrogens with one attached hydrogen (secondary N) is 1.